The molecule has 0 radical (unpaired) electrons. The van der Waals surface area contributed by atoms with Gasteiger partial charge in [0.25, 0.3) is 0 Å². The van der Waals surface area contributed by atoms with E-state index in [-0.39, 0.29) is 43.5 Å². The second-order valence-corrected chi connectivity index (χ2v) is 3.04. The second-order valence-electron chi connectivity index (χ2n) is 2.00. The van der Waals surface area contributed by atoms with Crippen LogP contribution in [-0.4, -0.2) is 54.6 Å². The summed E-state index contributed by atoms with van der Waals surface area (Å²) in [5, 5.41) is 8.35. The molecule has 1 N–H and O–H groups in total. The first kappa shape index (κ1) is 12.3. The summed E-state index contributed by atoms with van der Waals surface area (Å²) in [5.41, 5.74) is 0. The molecule has 0 aromatic heterocycles. The van der Waals surface area contributed by atoms with Crippen molar-refractivity contribution in [2.45, 2.75) is 4.90 Å². The third-order valence-corrected chi connectivity index (χ3v) is 2.10. The van der Waals surface area contributed by atoms with Crippen molar-refractivity contribution in [3.8, 4) is 0 Å². The van der Waals surface area contributed by atoms with Crippen molar-refractivity contribution >= 4 is 55.5 Å². The summed E-state index contributed by atoms with van der Waals surface area (Å²) < 4.78 is 0. The third kappa shape index (κ3) is 5.04. The summed E-state index contributed by atoms with van der Waals surface area (Å²) in [6.45, 7) is 0. The predicted octanol–water partition coefficient (Wildman–Crippen LogP) is 0.947. The van der Waals surface area contributed by atoms with E-state index in [0.29, 0.717) is 0 Å². The summed E-state index contributed by atoms with van der Waals surface area (Å²) in [6, 6.07) is 9.49. The van der Waals surface area contributed by atoms with Crippen LogP contribution in [0.2, 0.25) is 0 Å². The number of benzene rings is 1. The molecule has 0 saturated heterocycles. The van der Waals surface area contributed by atoms with Crippen LogP contribution in [0.4, 0.5) is 0 Å². The molecule has 0 unspecified atom stereocenters. The topological polar surface area (TPSA) is 37.3 Å². The number of carbonyl (C=O) groups is 1. The second kappa shape index (κ2) is 6.78. The molecule has 1 rings (SSSR count). The number of rotatable bonds is 3. The van der Waals surface area contributed by atoms with Gasteiger partial charge in [0, 0.05) is 4.90 Å². The Bertz CT molecular complexity index is 238. The number of carboxylic acid groups (broad SMARTS) is 1. The maximum absolute atomic E-state index is 10.2. The van der Waals surface area contributed by atoms with Crippen LogP contribution >= 0.6 is 11.8 Å². The Morgan fingerprint density at radius 3 is 2.42 bits per heavy atom. The van der Waals surface area contributed by atoms with Crippen LogP contribution in [0.3, 0.4) is 0 Å². The van der Waals surface area contributed by atoms with E-state index in [0.717, 1.165) is 4.90 Å². The van der Waals surface area contributed by atoms with Gasteiger partial charge in [0.1, 0.15) is 0 Å². The Hall–Kier alpha value is 0.300. The van der Waals surface area contributed by atoms with E-state index in [1.807, 2.05) is 30.3 Å². The van der Waals surface area contributed by atoms with E-state index < -0.39 is 5.97 Å². The zero-order valence-corrected chi connectivity index (χ0v) is 6.67. The van der Waals surface area contributed by atoms with Crippen molar-refractivity contribution in [2.24, 2.45) is 0 Å². The van der Waals surface area contributed by atoms with Crippen LogP contribution < -0.4 is 0 Å². The molecule has 62 valence electrons. The van der Waals surface area contributed by atoms with Gasteiger partial charge in [0.15, 0.2) is 0 Å². The van der Waals surface area contributed by atoms with Crippen LogP contribution in [0.1, 0.15) is 0 Å². The molecule has 0 heterocycles. The number of hydrogen-bond acceptors (Lipinski definition) is 2. The molecule has 0 atom stereocenters. The Labute approximate surface area is 105 Å². The fraction of sp³-hybridized carbons (Fsp3) is 0.125. The molecule has 0 spiro atoms. The van der Waals surface area contributed by atoms with Crippen LogP contribution in [0, 0.1) is 0 Å². The van der Waals surface area contributed by atoms with Gasteiger partial charge in [-0.3, -0.25) is 4.79 Å². The Morgan fingerprint density at radius 2 is 1.92 bits per heavy atom. The normalized spacial score (nSPS) is 8.67. The first-order valence-electron chi connectivity index (χ1n) is 3.18. The zero-order valence-electron chi connectivity index (χ0n) is 5.86. The van der Waals surface area contributed by atoms with E-state index >= 15 is 0 Å². The first-order valence-corrected chi connectivity index (χ1v) is 4.17. The summed E-state index contributed by atoms with van der Waals surface area (Å²) in [6.07, 6.45) is 0. The Kier molecular flexibility index (Phi) is 6.95. The van der Waals surface area contributed by atoms with Crippen molar-refractivity contribution in [1.29, 1.82) is 0 Å². The molecule has 2 nitrogen and oxygen atoms in total. The summed E-state index contributed by atoms with van der Waals surface area (Å²) in [4.78, 5) is 11.1. The van der Waals surface area contributed by atoms with Crippen molar-refractivity contribution < 1.29 is 9.90 Å². The van der Waals surface area contributed by atoms with E-state index in [1.165, 1.54) is 11.8 Å². The molecule has 0 aliphatic rings. The third-order valence-electron chi connectivity index (χ3n) is 1.11. The SMILES string of the molecule is O=C(O)CSc1ccccc1.[CaH2]. The van der Waals surface area contributed by atoms with E-state index in [1.54, 1.807) is 0 Å². The van der Waals surface area contributed by atoms with Gasteiger partial charge in [-0.1, -0.05) is 18.2 Å². The fourth-order valence-corrected chi connectivity index (χ4v) is 1.30. The molecule has 1 aromatic carbocycles. The van der Waals surface area contributed by atoms with Crippen molar-refractivity contribution in [1.82, 2.24) is 0 Å². The van der Waals surface area contributed by atoms with Crippen LogP contribution in [0.25, 0.3) is 0 Å². The molecular formula is C8H10CaO2S. The molecule has 0 saturated carbocycles. The number of aliphatic carboxylic acids is 1. The van der Waals surface area contributed by atoms with E-state index in [2.05, 4.69) is 0 Å². The molecule has 12 heavy (non-hydrogen) atoms. The van der Waals surface area contributed by atoms with E-state index in [4.69, 9.17) is 5.11 Å². The molecule has 0 aliphatic carbocycles. The summed E-state index contributed by atoms with van der Waals surface area (Å²) >= 11 is 1.33. The molecule has 4 heteroatoms. The van der Waals surface area contributed by atoms with Crippen LogP contribution in [0.5, 0.6) is 0 Å². The Balaban J connectivity index is 0.00000121. The van der Waals surface area contributed by atoms with Crippen molar-refractivity contribution in [3.05, 3.63) is 30.3 Å². The zero-order chi connectivity index (χ0) is 8.10. The van der Waals surface area contributed by atoms with Gasteiger partial charge in [0.2, 0.25) is 0 Å². The first-order chi connectivity index (χ1) is 5.29. The standard InChI is InChI=1S/C8H8O2S.Ca.2H/c9-8(10)6-11-7-4-2-1-3-5-7;;;/h1-5H,6H2,(H,9,10);;;. The van der Waals surface area contributed by atoms with Gasteiger partial charge < -0.3 is 5.11 Å². The maximum atomic E-state index is 10.2. The molecule has 0 amide bonds. The minimum absolute atomic E-state index is 0. The number of carboxylic acids is 1. The van der Waals surface area contributed by atoms with Gasteiger partial charge >= 0.3 is 43.7 Å². The van der Waals surface area contributed by atoms with Gasteiger partial charge in [-0.25, -0.2) is 0 Å². The average molecular weight is 210 g/mol. The molecule has 0 aliphatic heterocycles. The van der Waals surface area contributed by atoms with Crippen LogP contribution in [-0.2, 0) is 4.79 Å². The predicted molar refractivity (Wildman–Crippen MR) is 53.3 cm³/mol. The minimum atomic E-state index is -0.779. The van der Waals surface area contributed by atoms with Crippen molar-refractivity contribution in [2.75, 3.05) is 5.75 Å². The molecule has 1 aromatic rings. The van der Waals surface area contributed by atoms with Gasteiger partial charge in [-0.05, 0) is 12.1 Å². The van der Waals surface area contributed by atoms with Gasteiger partial charge in [0.05, 0.1) is 5.75 Å². The summed E-state index contributed by atoms with van der Waals surface area (Å²) in [5.74, 6) is -0.650. The molecule has 0 fully saturated rings. The number of thioether (sulfide) groups is 1. The van der Waals surface area contributed by atoms with Crippen LogP contribution in [0.15, 0.2) is 35.2 Å². The van der Waals surface area contributed by atoms with E-state index in [9.17, 15) is 4.79 Å². The molecular weight excluding hydrogens is 200 g/mol. The number of hydrogen-bond donors (Lipinski definition) is 1. The summed E-state index contributed by atoms with van der Waals surface area (Å²) in [7, 11) is 0. The van der Waals surface area contributed by atoms with Gasteiger partial charge in [-0.2, -0.15) is 0 Å². The molecule has 0 bridgehead atoms. The monoisotopic (exact) mass is 210 g/mol. The Morgan fingerprint density at radius 1 is 1.33 bits per heavy atom. The fourth-order valence-electron chi connectivity index (χ4n) is 0.662. The van der Waals surface area contributed by atoms with Crippen molar-refractivity contribution in [3.63, 3.8) is 0 Å². The quantitative estimate of drug-likeness (QED) is 0.596. The average Bonchev–Trinajstić information content (AvgIpc) is 2.03. The van der Waals surface area contributed by atoms with Gasteiger partial charge in [-0.15, -0.1) is 11.8 Å².